The van der Waals surface area contributed by atoms with E-state index in [4.69, 9.17) is 11.6 Å². The molecule has 29 heavy (non-hydrogen) atoms. The molecule has 0 bridgehead atoms. The molecule has 0 aliphatic carbocycles. The van der Waals surface area contributed by atoms with Crippen molar-refractivity contribution in [3.8, 4) is 0 Å². The summed E-state index contributed by atoms with van der Waals surface area (Å²) in [5.41, 5.74) is 1.58. The maximum Gasteiger partial charge on any atom is 0.271 e. The first-order valence-electron chi connectivity index (χ1n) is 9.16. The molecule has 0 unspecified atom stereocenters. The van der Waals surface area contributed by atoms with Gasteiger partial charge in [0.05, 0.1) is 27.7 Å². The minimum atomic E-state index is -0.496. The van der Waals surface area contributed by atoms with Crippen molar-refractivity contribution in [2.45, 2.75) is 6.92 Å². The highest BCUT2D eigenvalue weighted by atomic mass is 35.5. The molecule has 1 heterocycles. The maximum atomic E-state index is 12.6. The molecular formula is C20H21ClN4O4. The summed E-state index contributed by atoms with van der Waals surface area (Å²) in [5.74, 6) is -0.369. The predicted octanol–water partition coefficient (Wildman–Crippen LogP) is 2.95. The van der Waals surface area contributed by atoms with E-state index in [-0.39, 0.29) is 24.0 Å². The number of hydrogen-bond donors (Lipinski definition) is 1. The second-order valence-corrected chi connectivity index (χ2v) is 7.26. The molecule has 8 nitrogen and oxygen atoms in total. The number of nitrogens with zero attached hydrogens (tertiary/aromatic N) is 3. The molecule has 0 atom stereocenters. The average molecular weight is 417 g/mol. The molecule has 1 saturated heterocycles. The normalized spacial score (nSPS) is 14.5. The van der Waals surface area contributed by atoms with Crippen LogP contribution in [-0.4, -0.2) is 59.3 Å². The molecule has 2 aromatic rings. The fraction of sp³-hybridized carbons (Fsp3) is 0.300. The van der Waals surface area contributed by atoms with E-state index in [1.54, 1.807) is 42.2 Å². The number of hydrogen-bond acceptors (Lipinski definition) is 5. The van der Waals surface area contributed by atoms with Crippen molar-refractivity contribution in [2.24, 2.45) is 0 Å². The van der Waals surface area contributed by atoms with Crippen molar-refractivity contribution in [2.75, 3.05) is 38.0 Å². The Balaban J connectivity index is 1.54. The lowest BCUT2D eigenvalue weighted by Gasteiger charge is -2.34. The summed E-state index contributed by atoms with van der Waals surface area (Å²) in [4.78, 5) is 39.1. The Morgan fingerprint density at radius 2 is 1.83 bits per heavy atom. The highest BCUT2D eigenvalue weighted by molar-refractivity contribution is 6.33. The van der Waals surface area contributed by atoms with Crippen molar-refractivity contribution >= 4 is 34.8 Å². The molecule has 152 valence electrons. The van der Waals surface area contributed by atoms with Gasteiger partial charge in [0.2, 0.25) is 5.91 Å². The molecule has 0 saturated carbocycles. The van der Waals surface area contributed by atoms with E-state index in [1.165, 1.54) is 12.1 Å². The zero-order valence-electron chi connectivity index (χ0n) is 15.9. The SMILES string of the molecule is Cc1ccc([N+](=O)[O-])cc1NC(=O)CN1CCN(C(=O)c2ccccc2Cl)CC1. The van der Waals surface area contributed by atoms with Crippen LogP contribution in [0.5, 0.6) is 0 Å². The van der Waals surface area contributed by atoms with Gasteiger partial charge in [0.25, 0.3) is 11.6 Å². The highest BCUT2D eigenvalue weighted by Crippen LogP contribution is 2.22. The van der Waals surface area contributed by atoms with Gasteiger partial charge in [-0.25, -0.2) is 0 Å². The van der Waals surface area contributed by atoms with Crippen LogP contribution in [-0.2, 0) is 4.79 Å². The smallest absolute Gasteiger partial charge is 0.271 e. The van der Waals surface area contributed by atoms with E-state index in [0.717, 1.165) is 5.56 Å². The van der Waals surface area contributed by atoms with Gasteiger partial charge in [-0.1, -0.05) is 29.8 Å². The van der Waals surface area contributed by atoms with Crippen LogP contribution in [0.4, 0.5) is 11.4 Å². The lowest BCUT2D eigenvalue weighted by Crippen LogP contribution is -2.50. The molecule has 0 radical (unpaired) electrons. The number of nitrogens with one attached hydrogen (secondary N) is 1. The second kappa shape index (κ2) is 9.02. The van der Waals surface area contributed by atoms with E-state index >= 15 is 0 Å². The standard InChI is InChI=1S/C20H21ClN4O4/c1-14-6-7-15(25(28)29)12-18(14)22-19(26)13-23-8-10-24(11-9-23)20(27)16-4-2-3-5-17(16)21/h2-7,12H,8-11,13H2,1H3,(H,22,26). The number of amides is 2. The van der Waals surface area contributed by atoms with Gasteiger partial charge in [0.15, 0.2) is 0 Å². The van der Waals surface area contributed by atoms with E-state index in [2.05, 4.69) is 5.32 Å². The fourth-order valence-electron chi connectivity index (χ4n) is 3.17. The summed E-state index contributed by atoms with van der Waals surface area (Å²) in [6, 6.07) is 11.3. The molecule has 2 amide bonds. The second-order valence-electron chi connectivity index (χ2n) is 6.85. The van der Waals surface area contributed by atoms with E-state index < -0.39 is 4.92 Å². The largest absolute Gasteiger partial charge is 0.336 e. The molecule has 1 aliphatic heterocycles. The van der Waals surface area contributed by atoms with Gasteiger partial charge < -0.3 is 10.2 Å². The van der Waals surface area contributed by atoms with Gasteiger partial charge in [-0.2, -0.15) is 0 Å². The third-order valence-electron chi connectivity index (χ3n) is 4.84. The number of rotatable bonds is 5. The minimum Gasteiger partial charge on any atom is -0.336 e. The summed E-state index contributed by atoms with van der Waals surface area (Å²) < 4.78 is 0. The number of piperazine rings is 1. The monoisotopic (exact) mass is 416 g/mol. The molecule has 0 spiro atoms. The highest BCUT2D eigenvalue weighted by Gasteiger charge is 2.24. The van der Waals surface area contributed by atoms with Gasteiger partial charge in [-0.3, -0.25) is 24.6 Å². The number of carbonyl (C=O) groups is 2. The quantitative estimate of drug-likeness (QED) is 0.597. The number of benzene rings is 2. The van der Waals surface area contributed by atoms with Crippen molar-refractivity contribution in [1.29, 1.82) is 0 Å². The van der Waals surface area contributed by atoms with Gasteiger partial charge in [-0.15, -0.1) is 0 Å². The summed E-state index contributed by atoms with van der Waals surface area (Å²) in [5, 5.41) is 14.1. The zero-order chi connectivity index (χ0) is 21.0. The first-order chi connectivity index (χ1) is 13.8. The summed E-state index contributed by atoms with van der Waals surface area (Å²) in [6.07, 6.45) is 0. The van der Waals surface area contributed by atoms with Crippen LogP contribution >= 0.6 is 11.6 Å². The van der Waals surface area contributed by atoms with Gasteiger partial charge in [-0.05, 0) is 24.6 Å². The van der Waals surface area contributed by atoms with Crippen LogP contribution < -0.4 is 5.32 Å². The number of anilines is 1. The first-order valence-corrected chi connectivity index (χ1v) is 9.54. The Bertz CT molecular complexity index is 942. The predicted molar refractivity (Wildman–Crippen MR) is 110 cm³/mol. The van der Waals surface area contributed by atoms with Gasteiger partial charge in [0.1, 0.15) is 0 Å². The number of nitro groups is 1. The van der Waals surface area contributed by atoms with E-state index in [0.29, 0.717) is 42.5 Å². The van der Waals surface area contributed by atoms with E-state index in [9.17, 15) is 19.7 Å². The summed E-state index contributed by atoms with van der Waals surface area (Å²) in [7, 11) is 0. The zero-order valence-corrected chi connectivity index (χ0v) is 16.7. The number of aryl methyl sites for hydroxylation is 1. The Kier molecular flexibility index (Phi) is 6.46. The molecule has 1 aliphatic rings. The van der Waals surface area contributed by atoms with Gasteiger partial charge >= 0.3 is 0 Å². The molecular weight excluding hydrogens is 396 g/mol. The Morgan fingerprint density at radius 3 is 2.48 bits per heavy atom. The molecule has 3 rings (SSSR count). The third-order valence-corrected chi connectivity index (χ3v) is 5.17. The van der Waals surface area contributed by atoms with E-state index in [1.807, 2.05) is 4.90 Å². The van der Waals surface area contributed by atoms with Crippen molar-refractivity contribution in [3.63, 3.8) is 0 Å². The van der Waals surface area contributed by atoms with Crippen molar-refractivity contribution < 1.29 is 14.5 Å². The minimum absolute atomic E-state index is 0.0717. The molecule has 1 N–H and O–H groups in total. The lowest BCUT2D eigenvalue weighted by molar-refractivity contribution is -0.384. The topological polar surface area (TPSA) is 95.8 Å². The van der Waals surface area contributed by atoms with Crippen LogP contribution in [0, 0.1) is 17.0 Å². The number of non-ortho nitro benzene ring substituents is 1. The molecule has 2 aromatic carbocycles. The Hall–Kier alpha value is -2.97. The van der Waals surface area contributed by atoms with Crippen LogP contribution in [0.2, 0.25) is 5.02 Å². The Morgan fingerprint density at radius 1 is 1.14 bits per heavy atom. The van der Waals surface area contributed by atoms with Crippen LogP contribution in [0.3, 0.4) is 0 Å². The average Bonchev–Trinajstić information content (AvgIpc) is 2.70. The number of carbonyl (C=O) groups excluding carboxylic acids is 2. The third kappa shape index (κ3) is 5.10. The summed E-state index contributed by atoms with van der Waals surface area (Å²) in [6.45, 7) is 4.02. The van der Waals surface area contributed by atoms with Crippen LogP contribution in [0.25, 0.3) is 0 Å². The van der Waals surface area contributed by atoms with Crippen LogP contribution in [0.1, 0.15) is 15.9 Å². The summed E-state index contributed by atoms with van der Waals surface area (Å²) >= 11 is 6.10. The van der Waals surface area contributed by atoms with Gasteiger partial charge in [0, 0.05) is 38.3 Å². The first kappa shape index (κ1) is 20.8. The number of halogens is 1. The van der Waals surface area contributed by atoms with Crippen molar-refractivity contribution in [3.05, 3.63) is 68.7 Å². The number of nitro benzene ring substituents is 1. The Labute approximate surface area is 173 Å². The van der Waals surface area contributed by atoms with Crippen molar-refractivity contribution in [1.82, 2.24) is 9.80 Å². The maximum absolute atomic E-state index is 12.6. The lowest BCUT2D eigenvalue weighted by atomic mass is 10.1. The molecule has 1 fully saturated rings. The molecule has 0 aromatic heterocycles. The molecule has 9 heteroatoms. The van der Waals surface area contributed by atoms with Crippen LogP contribution in [0.15, 0.2) is 42.5 Å². The fourth-order valence-corrected chi connectivity index (χ4v) is 3.38.